The molecule has 0 aliphatic rings. The largest absolute Gasteiger partial charge is 0.356 e. The standard InChI is InChI=1S/C16H23N3O2/c1-4-5-6-15(20)17-10-9-12-7-8-13-14(11-12)19(3)16(21)18(13)2/h7-8,11H,4-6,9-10H2,1-3H3,(H,17,20). The molecule has 0 fully saturated rings. The molecule has 0 atom stereocenters. The van der Waals surface area contributed by atoms with Crippen molar-refractivity contribution in [2.24, 2.45) is 14.1 Å². The van der Waals surface area contributed by atoms with Crippen LogP contribution < -0.4 is 11.0 Å². The highest BCUT2D eigenvalue weighted by Crippen LogP contribution is 2.14. The molecule has 1 N–H and O–H groups in total. The van der Waals surface area contributed by atoms with E-state index in [1.165, 1.54) is 0 Å². The molecule has 1 aromatic heterocycles. The number of unbranched alkanes of at least 4 members (excludes halogenated alkanes) is 1. The van der Waals surface area contributed by atoms with Gasteiger partial charge in [0.05, 0.1) is 11.0 Å². The second-order valence-electron chi connectivity index (χ2n) is 5.43. The lowest BCUT2D eigenvalue weighted by atomic mass is 10.1. The first kappa shape index (κ1) is 15.4. The fraction of sp³-hybridized carbons (Fsp3) is 0.500. The zero-order valence-electron chi connectivity index (χ0n) is 13.0. The van der Waals surface area contributed by atoms with Crippen LogP contribution in [0, 0.1) is 0 Å². The predicted molar refractivity (Wildman–Crippen MR) is 84.4 cm³/mol. The van der Waals surface area contributed by atoms with E-state index in [1.807, 2.05) is 18.2 Å². The molecule has 0 aliphatic heterocycles. The number of nitrogens with one attached hydrogen (secondary N) is 1. The van der Waals surface area contributed by atoms with E-state index in [9.17, 15) is 9.59 Å². The maximum Gasteiger partial charge on any atom is 0.328 e. The molecule has 0 aliphatic carbocycles. The van der Waals surface area contributed by atoms with Crippen molar-refractivity contribution in [1.82, 2.24) is 14.5 Å². The van der Waals surface area contributed by atoms with Gasteiger partial charge in [-0.15, -0.1) is 0 Å². The van der Waals surface area contributed by atoms with Crippen molar-refractivity contribution in [3.63, 3.8) is 0 Å². The number of carbonyl (C=O) groups is 1. The minimum atomic E-state index is -0.0185. The summed E-state index contributed by atoms with van der Waals surface area (Å²) in [4.78, 5) is 23.4. The Morgan fingerprint density at radius 3 is 2.62 bits per heavy atom. The van der Waals surface area contributed by atoms with Crippen LogP contribution in [0.25, 0.3) is 11.0 Å². The van der Waals surface area contributed by atoms with Crippen molar-refractivity contribution < 1.29 is 4.79 Å². The van der Waals surface area contributed by atoms with Crippen LogP contribution >= 0.6 is 0 Å². The van der Waals surface area contributed by atoms with E-state index in [1.54, 1.807) is 23.2 Å². The summed E-state index contributed by atoms with van der Waals surface area (Å²) in [6, 6.07) is 6.00. The van der Waals surface area contributed by atoms with E-state index in [2.05, 4.69) is 12.2 Å². The van der Waals surface area contributed by atoms with Gasteiger partial charge in [-0.3, -0.25) is 13.9 Å². The lowest BCUT2D eigenvalue weighted by Crippen LogP contribution is -2.25. The minimum Gasteiger partial charge on any atom is -0.356 e. The maximum atomic E-state index is 11.9. The highest BCUT2D eigenvalue weighted by Gasteiger charge is 2.08. The first-order chi connectivity index (χ1) is 10.0. The van der Waals surface area contributed by atoms with E-state index < -0.39 is 0 Å². The number of benzene rings is 1. The molecule has 1 amide bonds. The summed E-state index contributed by atoms with van der Waals surface area (Å²) < 4.78 is 3.30. The van der Waals surface area contributed by atoms with Crippen molar-refractivity contribution in [1.29, 1.82) is 0 Å². The second-order valence-corrected chi connectivity index (χ2v) is 5.43. The Hall–Kier alpha value is -2.04. The Morgan fingerprint density at radius 2 is 1.90 bits per heavy atom. The molecule has 0 spiro atoms. The molecule has 2 aromatic rings. The van der Waals surface area contributed by atoms with E-state index in [-0.39, 0.29) is 11.6 Å². The summed E-state index contributed by atoms with van der Waals surface area (Å²) in [5.41, 5.74) is 2.96. The lowest BCUT2D eigenvalue weighted by molar-refractivity contribution is -0.121. The fourth-order valence-electron chi connectivity index (χ4n) is 2.48. The molecule has 0 saturated heterocycles. The average molecular weight is 289 g/mol. The van der Waals surface area contributed by atoms with Gasteiger partial charge in [-0.1, -0.05) is 19.4 Å². The number of carbonyl (C=O) groups excluding carboxylic acids is 1. The van der Waals surface area contributed by atoms with Gasteiger partial charge < -0.3 is 5.32 Å². The van der Waals surface area contributed by atoms with E-state index >= 15 is 0 Å². The van der Waals surface area contributed by atoms with Crippen LogP contribution in [0.15, 0.2) is 23.0 Å². The highest BCUT2D eigenvalue weighted by atomic mass is 16.2. The van der Waals surface area contributed by atoms with Crippen LogP contribution in [0.1, 0.15) is 31.7 Å². The number of hydrogen-bond acceptors (Lipinski definition) is 2. The van der Waals surface area contributed by atoms with Crippen LogP contribution in [-0.2, 0) is 25.3 Å². The second kappa shape index (κ2) is 6.61. The van der Waals surface area contributed by atoms with Crippen LogP contribution in [0.3, 0.4) is 0 Å². The molecule has 0 saturated carbocycles. The fourth-order valence-corrected chi connectivity index (χ4v) is 2.48. The summed E-state index contributed by atoms with van der Waals surface area (Å²) in [5, 5.41) is 2.93. The molecule has 0 unspecified atom stereocenters. The number of aryl methyl sites for hydroxylation is 2. The molecule has 1 aromatic carbocycles. The third kappa shape index (κ3) is 3.35. The molecule has 5 heteroatoms. The summed E-state index contributed by atoms with van der Waals surface area (Å²) in [6.45, 7) is 2.71. The predicted octanol–water partition coefficient (Wildman–Crippen LogP) is 1.73. The van der Waals surface area contributed by atoms with E-state index in [0.717, 1.165) is 35.9 Å². The van der Waals surface area contributed by atoms with Gasteiger partial charge >= 0.3 is 5.69 Å². The van der Waals surface area contributed by atoms with E-state index in [4.69, 9.17) is 0 Å². The third-order valence-corrected chi connectivity index (χ3v) is 3.83. The summed E-state index contributed by atoms with van der Waals surface area (Å²) >= 11 is 0. The van der Waals surface area contributed by atoms with Crippen molar-refractivity contribution in [2.45, 2.75) is 32.6 Å². The molecule has 114 valence electrons. The number of rotatable bonds is 6. The Bertz CT molecular complexity index is 697. The number of imidazole rings is 1. The Kier molecular flexibility index (Phi) is 4.83. The maximum absolute atomic E-state index is 11.9. The number of nitrogens with zero attached hydrogens (tertiary/aromatic N) is 2. The average Bonchev–Trinajstić information content (AvgIpc) is 2.70. The molecular weight excluding hydrogens is 266 g/mol. The summed E-state index contributed by atoms with van der Waals surface area (Å²) in [7, 11) is 3.55. The Labute approximate surface area is 124 Å². The first-order valence-electron chi connectivity index (χ1n) is 7.45. The van der Waals surface area contributed by atoms with Crippen molar-refractivity contribution in [3.8, 4) is 0 Å². The van der Waals surface area contributed by atoms with Gasteiger partial charge in [-0.2, -0.15) is 0 Å². The third-order valence-electron chi connectivity index (χ3n) is 3.83. The van der Waals surface area contributed by atoms with Crippen LogP contribution in [0.2, 0.25) is 0 Å². The first-order valence-corrected chi connectivity index (χ1v) is 7.45. The molecule has 0 radical (unpaired) electrons. The van der Waals surface area contributed by atoms with Crippen LogP contribution in [0.4, 0.5) is 0 Å². The lowest BCUT2D eigenvalue weighted by Gasteiger charge is -2.05. The van der Waals surface area contributed by atoms with Gasteiger partial charge in [0.2, 0.25) is 5.91 Å². The minimum absolute atomic E-state index is 0.0185. The van der Waals surface area contributed by atoms with E-state index in [0.29, 0.717) is 13.0 Å². The molecule has 1 heterocycles. The number of amides is 1. The van der Waals surface area contributed by atoms with Gasteiger partial charge in [0, 0.05) is 27.1 Å². The van der Waals surface area contributed by atoms with Gasteiger partial charge in [0.25, 0.3) is 0 Å². The summed E-state index contributed by atoms with van der Waals surface area (Å²) in [5.74, 6) is 0.116. The van der Waals surface area contributed by atoms with Crippen molar-refractivity contribution in [3.05, 3.63) is 34.2 Å². The van der Waals surface area contributed by atoms with Crippen LogP contribution in [0.5, 0.6) is 0 Å². The Balaban J connectivity index is 2.02. The highest BCUT2D eigenvalue weighted by molar-refractivity contribution is 5.77. The molecule has 0 bridgehead atoms. The number of fused-ring (bicyclic) bond motifs is 1. The van der Waals surface area contributed by atoms with Gasteiger partial charge in [0.1, 0.15) is 0 Å². The zero-order chi connectivity index (χ0) is 15.4. The van der Waals surface area contributed by atoms with Gasteiger partial charge in [-0.05, 0) is 30.5 Å². The number of hydrogen-bond donors (Lipinski definition) is 1. The van der Waals surface area contributed by atoms with Crippen molar-refractivity contribution in [2.75, 3.05) is 6.54 Å². The van der Waals surface area contributed by atoms with Gasteiger partial charge in [-0.25, -0.2) is 4.79 Å². The topological polar surface area (TPSA) is 56.0 Å². The monoisotopic (exact) mass is 289 g/mol. The molecular formula is C16H23N3O2. The quantitative estimate of drug-likeness (QED) is 0.880. The Morgan fingerprint density at radius 1 is 1.19 bits per heavy atom. The number of aromatic nitrogens is 2. The molecule has 5 nitrogen and oxygen atoms in total. The smallest absolute Gasteiger partial charge is 0.328 e. The normalized spacial score (nSPS) is 11.0. The zero-order valence-corrected chi connectivity index (χ0v) is 13.0. The van der Waals surface area contributed by atoms with Crippen LogP contribution in [-0.4, -0.2) is 21.6 Å². The SMILES string of the molecule is CCCCC(=O)NCCc1ccc2c(c1)n(C)c(=O)n2C. The molecule has 21 heavy (non-hydrogen) atoms. The summed E-state index contributed by atoms with van der Waals surface area (Å²) in [6.07, 6.45) is 3.34. The van der Waals surface area contributed by atoms with Gasteiger partial charge in [0.15, 0.2) is 0 Å². The van der Waals surface area contributed by atoms with Crippen molar-refractivity contribution >= 4 is 16.9 Å². The molecule has 2 rings (SSSR count).